The molecule has 0 saturated heterocycles. The zero-order chi connectivity index (χ0) is 52.6. The number of allylic oxidation sites excluding steroid dienone is 2. The molecule has 16 heteroatoms. The molecular formula is C58H52F6N4O4S2. The highest BCUT2D eigenvalue weighted by molar-refractivity contribution is 7.15. The van der Waals surface area contributed by atoms with Gasteiger partial charge in [0.15, 0.2) is 0 Å². The molecule has 5 aromatic carbocycles. The third-order valence-corrected chi connectivity index (χ3v) is 16.5. The van der Waals surface area contributed by atoms with Gasteiger partial charge in [0.05, 0.1) is 0 Å². The van der Waals surface area contributed by atoms with Gasteiger partial charge < -0.3 is 19.3 Å². The van der Waals surface area contributed by atoms with Crippen LogP contribution in [0.15, 0.2) is 121 Å². The molecule has 1 aliphatic carbocycles. The number of rotatable bonds is 14. The Morgan fingerprint density at radius 3 is 1.72 bits per heavy atom. The number of anilines is 2. The van der Waals surface area contributed by atoms with Gasteiger partial charge in [-0.05, 0) is 137 Å². The zero-order valence-corrected chi connectivity index (χ0v) is 43.3. The number of benzene rings is 5. The highest BCUT2D eigenvalue weighted by Gasteiger charge is 2.80. The number of hydrogen-bond acceptors (Lipinski definition) is 8. The lowest BCUT2D eigenvalue weighted by atomic mass is 9.75. The normalized spacial score (nSPS) is 16.4. The first-order valence-corrected chi connectivity index (χ1v) is 26.1. The first-order valence-electron chi connectivity index (χ1n) is 24.4. The Balaban J connectivity index is 0.897. The van der Waals surface area contributed by atoms with Gasteiger partial charge in [0.25, 0.3) is 11.8 Å². The van der Waals surface area contributed by atoms with E-state index in [9.17, 15) is 9.59 Å². The molecule has 0 fully saturated rings. The molecule has 1 spiro atoms. The first kappa shape index (κ1) is 50.5. The topological polar surface area (TPSA) is 74.4 Å². The molecule has 382 valence electrons. The molecule has 0 saturated carbocycles. The van der Waals surface area contributed by atoms with E-state index in [0.29, 0.717) is 54.8 Å². The summed E-state index contributed by atoms with van der Waals surface area (Å²) in [5, 5.41) is 1.44. The molecule has 10 rings (SSSR count). The Labute approximate surface area is 433 Å². The van der Waals surface area contributed by atoms with Gasteiger partial charge in [-0.2, -0.15) is 26.3 Å². The van der Waals surface area contributed by atoms with Crippen molar-refractivity contribution in [3.8, 4) is 27.7 Å². The molecule has 7 aromatic rings. The largest absolute Gasteiger partial charge is 0.489 e. The summed E-state index contributed by atoms with van der Waals surface area (Å²) in [7, 11) is 0. The number of fused-ring (bicyclic) bond motifs is 6. The number of nitrogens with one attached hydrogen (secondary N) is 1. The minimum atomic E-state index is -5.64. The van der Waals surface area contributed by atoms with E-state index in [-0.39, 0.29) is 39.0 Å². The van der Waals surface area contributed by atoms with Gasteiger partial charge in [0.1, 0.15) is 29.4 Å². The summed E-state index contributed by atoms with van der Waals surface area (Å²) in [5.74, 6) is -15.2. The molecule has 2 aromatic heterocycles. The highest BCUT2D eigenvalue weighted by Crippen LogP contribution is 2.66. The standard InChI is InChI=1S/C58H52F6N4O4S2/c1-8-66(9-2)39-22-26-46-48(29-39)72-49-30-40(67(10-3)11-4)23-27-47(49)55(46)45-15-13-12-14-42(45)54(70)68(55)65-53(69)38-18-16-36(17-19-38)32-71-41-24-20-37(21-25-41)50-31-44(35(7)74-50)52-51(43-28-33(5)73-34(43)6)56(59,60)58(63,64)57(52,61)62/h12-31H,8-11,32H2,1-7H3,(H,65,69). The summed E-state index contributed by atoms with van der Waals surface area (Å²) in [6.45, 7) is 16.1. The van der Waals surface area contributed by atoms with Crippen LogP contribution in [0.3, 0.4) is 0 Å². The fourth-order valence-electron chi connectivity index (χ4n) is 10.7. The van der Waals surface area contributed by atoms with E-state index >= 15 is 26.3 Å². The van der Waals surface area contributed by atoms with Crippen molar-refractivity contribution < 1.29 is 45.4 Å². The number of hydrazine groups is 1. The van der Waals surface area contributed by atoms with Crippen molar-refractivity contribution in [3.63, 3.8) is 0 Å². The van der Waals surface area contributed by atoms with Gasteiger partial charge in [-0.15, -0.1) is 22.7 Å². The second-order valence-corrected chi connectivity index (χ2v) is 21.3. The Morgan fingerprint density at radius 2 is 1.18 bits per heavy atom. The predicted octanol–water partition coefficient (Wildman–Crippen LogP) is 14.7. The van der Waals surface area contributed by atoms with E-state index in [0.717, 1.165) is 65.8 Å². The van der Waals surface area contributed by atoms with Crippen molar-refractivity contribution in [2.24, 2.45) is 0 Å². The molecule has 1 N–H and O–H groups in total. The number of nitrogens with zero attached hydrogens (tertiary/aromatic N) is 3. The third kappa shape index (κ3) is 7.77. The number of alkyl halides is 6. The number of ether oxygens (including phenoxy) is 2. The van der Waals surface area contributed by atoms with Crippen molar-refractivity contribution in [3.05, 3.63) is 180 Å². The van der Waals surface area contributed by atoms with Gasteiger partial charge in [-0.25, -0.2) is 5.01 Å². The smallest absolute Gasteiger partial charge is 0.380 e. The number of thiophene rings is 2. The first-order chi connectivity index (χ1) is 35.3. The quantitative estimate of drug-likeness (QED) is 0.109. The molecule has 0 atom stereocenters. The van der Waals surface area contributed by atoms with Crippen LogP contribution in [-0.2, 0) is 12.1 Å². The Bertz CT molecular complexity index is 3320. The van der Waals surface area contributed by atoms with Gasteiger partial charge >= 0.3 is 17.8 Å². The van der Waals surface area contributed by atoms with Crippen LogP contribution in [0.25, 0.3) is 21.6 Å². The number of carbonyl (C=O) groups is 2. The predicted molar refractivity (Wildman–Crippen MR) is 281 cm³/mol. The van der Waals surface area contributed by atoms with Gasteiger partial charge in [-0.1, -0.05) is 42.5 Å². The molecule has 0 bridgehead atoms. The van der Waals surface area contributed by atoms with E-state index in [4.69, 9.17) is 9.47 Å². The lowest BCUT2D eigenvalue weighted by Gasteiger charge is -2.44. The summed E-state index contributed by atoms with van der Waals surface area (Å²) in [4.78, 5) is 35.0. The van der Waals surface area contributed by atoms with Crippen LogP contribution in [0.4, 0.5) is 37.7 Å². The summed E-state index contributed by atoms with van der Waals surface area (Å²) in [5.41, 5.74) is 4.38. The van der Waals surface area contributed by atoms with Crippen LogP contribution in [0.1, 0.15) is 96.4 Å². The average Bonchev–Trinajstić information content (AvgIpc) is 4.04. The minimum Gasteiger partial charge on any atom is -0.489 e. The number of hydrogen-bond donors (Lipinski definition) is 1. The van der Waals surface area contributed by atoms with Crippen LogP contribution < -0.4 is 24.7 Å². The van der Waals surface area contributed by atoms with Crippen molar-refractivity contribution >= 4 is 57.0 Å². The molecule has 0 radical (unpaired) electrons. The Hall–Kier alpha value is -7.04. The molecule has 74 heavy (non-hydrogen) atoms. The summed E-state index contributed by atoms with van der Waals surface area (Å²) in [6.07, 6.45) is 0. The van der Waals surface area contributed by atoms with E-state index in [1.165, 1.54) is 31.0 Å². The summed E-state index contributed by atoms with van der Waals surface area (Å²) >= 11 is 2.11. The van der Waals surface area contributed by atoms with Gasteiger partial charge in [-0.3, -0.25) is 15.0 Å². The summed E-state index contributed by atoms with van der Waals surface area (Å²) < 4.78 is 105. The highest BCUT2D eigenvalue weighted by atomic mass is 32.1. The van der Waals surface area contributed by atoms with Gasteiger partial charge in [0.2, 0.25) is 0 Å². The van der Waals surface area contributed by atoms with Crippen LogP contribution in [0.5, 0.6) is 17.2 Å². The Morgan fingerprint density at radius 1 is 0.635 bits per heavy atom. The molecule has 3 aliphatic rings. The molecule has 4 heterocycles. The fraction of sp³-hybridized carbons (Fsp3) is 0.276. The maximum atomic E-state index is 15.6. The summed E-state index contributed by atoms with van der Waals surface area (Å²) in [6, 6.07) is 35.4. The fourth-order valence-corrected chi connectivity index (χ4v) is 12.6. The lowest BCUT2D eigenvalue weighted by Crippen LogP contribution is -2.56. The van der Waals surface area contributed by atoms with Crippen molar-refractivity contribution in [1.29, 1.82) is 0 Å². The third-order valence-electron chi connectivity index (χ3n) is 14.4. The molecule has 2 aliphatic heterocycles. The lowest BCUT2D eigenvalue weighted by molar-refractivity contribution is -0.254. The maximum absolute atomic E-state index is 15.6. The number of halogens is 6. The van der Waals surface area contributed by atoms with E-state index in [1.807, 2.05) is 54.6 Å². The van der Waals surface area contributed by atoms with E-state index in [2.05, 4.69) is 42.9 Å². The van der Waals surface area contributed by atoms with E-state index < -0.39 is 40.4 Å². The van der Waals surface area contributed by atoms with Crippen LogP contribution in [0, 0.1) is 20.8 Å². The van der Waals surface area contributed by atoms with Crippen LogP contribution in [0.2, 0.25) is 0 Å². The second-order valence-electron chi connectivity index (χ2n) is 18.5. The average molecular weight is 1050 g/mol. The second kappa shape index (κ2) is 18.7. The zero-order valence-electron chi connectivity index (χ0n) is 41.6. The number of amides is 2. The number of aryl methyl sites for hydroxylation is 3. The Kier molecular flexibility index (Phi) is 12.8. The minimum absolute atomic E-state index is 0.0982. The number of carbonyl (C=O) groups excluding carboxylic acids is 2. The molecule has 2 amide bonds. The maximum Gasteiger partial charge on any atom is 0.380 e. The van der Waals surface area contributed by atoms with Crippen molar-refractivity contribution in [1.82, 2.24) is 10.4 Å². The van der Waals surface area contributed by atoms with Crippen LogP contribution in [-0.4, -0.2) is 60.8 Å². The molecule has 8 nitrogen and oxygen atoms in total. The van der Waals surface area contributed by atoms with Crippen molar-refractivity contribution in [2.75, 3.05) is 36.0 Å². The van der Waals surface area contributed by atoms with Crippen LogP contribution >= 0.6 is 22.7 Å². The SMILES string of the molecule is CCN(CC)c1ccc2c(c1)Oc1cc(N(CC)CC)ccc1C21c2ccccc2C(=O)N1NC(=O)c1ccc(COc2ccc(-c3cc(C4=C(c5cc(C)sc5C)C(F)(F)C(F)(F)C4(F)F)c(C)s3)cc2)cc1. The van der Waals surface area contributed by atoms with Crippen molar-refractivity contribution in [2.45, 2.75) is 78.4 Å². The monoisotopic (exact) mass is 1050 g/mol. The molecule has 0 unspecified atom stereocenters. The van der Waals surface area contributed by atoms with Gasteiger partial charge in [0, 0.05) is 108 Å². The van der Waals surface area contributed by atoms with E-state index in [1.54, 1.807) is 61.5 Å². The molecular weight excluding hydrogens is 995 g/mol.